The molecule has 19 heavy (non-hydrogen) atoms. The fraction of sp³-hybridized carbons (Fsp3) is 0.533. The van der Waals surface area contributed by atoms with Crippen LogP contribution in [0.1, 0.15) is 45.1 Å². The number of carbonyl (C=O) groups is 1. The van der Waals surface area contributed by atoms with E-state index >= 15 is 0 Å². The average Bonchev–Trinajstić information content (AvgIpc) is 2.45. The van der Waals surface area contributed by atoms with Crippen LogP contribution in [-0.2, 0) is 11.3 Å². The number of benzene rings is 1. The number of amides is 1. The number of carbonyl (C=O) groups excluding carboxylic acids is 1. The molecule has 4 heteroatoms. The Morgan fingerprint density at radius 2 is 1.79 bits per heavy atom. The average molecular weight is 264 g/mol. The van der Waals surface area contributed by atoms with Crippen molar-refractivity contribution in [3.8, 4) is 0 Å². The summed E-state index contributed by atoms with van der Waals surface area (Å²) in [5.41, 5.74) is 0.965. The number of hydrazine groups is 1. The number of hydrogen-bond acceptors (Lipinski definition) is 3. The van der Waals surface area contributed by atoms with E-state index in [4.69, 9.17) is 10.6 Å². The fourth-order valence-corrected chi connectivity index (χ4v) is 2.03. The molecule has 106 valence electrons. The molecule has 1 amide bonds. The molecule has 0 saturated carbocycles. The van der Waals surface area contributed by atoms with Crippen LogP contribution in [0.2, 0.25) is 0 Å². The highest BCUT2D eigenvalue weighted by Gasteiger charge is 2.20. The topological polar surface area (TPSA) is 55.6 Å². The van der Waals surface area contributed by atoms with Gasteiger partial charge in [-0.25, -0.2) is 15.6 Å². The number of rotatable bonds is 7. The highest BCUT2D eigenvalue weighted by molar-refractivity contribution is 5.67. The SMILES string of the molecule is CCCC(CCC)N(N)C(=O)OCc1ccccc1. The Labute approximate surface area is 115 Å². The van der Waals surface area contributed by atoms with Gasteiger partial charge in [0, 0.05) is 0 Å². The molecule has 0 fully saturated rings. The van der Waals surface area contributed by atoms with Crippen LogP contribution < -0.4 is 5.84 Å². The van der Waals surface area contributed by atoms with Gasteiger partial charge in [-0.15, -0.1) is 0 Å². The van der Waals surface area contributed by atoms with Crippen molar-refractivity contribution in [1.29, 1.82) is 0 Å². The highest BCUT2D eigenvalue weighted by atomic mass is 16.6. The van der Waals surface area contributed by atoms with Crippen molar-refractivity contribution in [2.45, 2.75) is 52.2 Å². The zero-order chi connectivity index (χ0) is 14.1. The van der Waals surface area contributed by atoms with Gasteiger partial charge in [-0.1, -0.05) is 57.0 Å². The lowest BCUT2D eigenvalue weighted by Gasteiger charge is -2.26. The maximum Gasteiger partial charge on any atom is 0.424 e. The first kappa shape index (κ1) is 15.5. The van der Waals surface area contributed by atoms with E-state index in [-0.39, 0.29) is 12.6 Å². The third-order valence-corrected chi connectivity index (χ3v) is 3.05. The lowest BCUT2D eigenvalue weighted by molar-refractivity contribution is 0.0761. The Morgan fingerprint density at radius 3 is 2.32 bits per heavy atom. The van der Waals surface area contributed by atoms with Gasteiger partial charge in [-0.05, 0) is 18.4 Å². The summed E-state index contributed by atoms with van der Waals surface area (Å²) in [6.07, 6.45) is 3.38. The Morgan fingerprint density at radius 1 is 1.21 bits per heavy atom. The summed E-state index contributed by atoms with van der Waals surface area (Å²) < 4.78 is 5.23. The molecule has 0 saturated heterocycles. The summed E-state index contributed by atoms with van der Waals surface area (Å²) in [6, 6.07) is 9.67. The van der Waals surface area contributed by atoms with Crippen LogP contribution >= 0.6 is 0 Å². The molecule has 0 aliphatic heterocycles. The van der Waals surface area contributed by atoms with Crippen molar-refractivity contribution < 1.29 is 9.53 Å². The Hall–Kier alpha value is -1.55. The first-order chi connectivity index (χ1) is 9.19. The van der Waals surface area contributed by atoms with Crippen molar-refractivity contribution in [2.24, 2.45) is 5.84 Å². The molecule has 1 rings (SSSR count). The van der Waals surface area contributed by atoms with Crippen LogP contribution in [0.25, 0.3) is 0 Å². The Kier molecular flexibility index (Phi) is 6.97. The van der Waals surface area contributed by atoms with Crippen LogP contribution in [0.5, 0.6) is 0 Å². The summed E-state index contributed by atoms with van der Waals surface area (Å²) in [4.78, 5) is 11.9. The molecule has 0 spiro atoms. The highest BCUT2D eigenvalue weighted by Crippen LogP contribution is 2.12. The number of hydrogen-bond donors (Lipinski definition) is 1. The third kappa shape index (κ3) is 5.30. The molecule has 0 atom stereocenters. The quantitative estimate of drug-likeness (QED) is 0.466. The van der Waals surface area contributed by atoms with Gasteiger partial charge in [0.1, 0.15) is 6.61 Å². The second-order valence-corrected chi connectivity index (χ2v) is 4.68. The molecule has 0 unspecified atom stereocenters. The van der Waals surface area contributed by atoms with Crippen molar-refractivity contribution in [2.75, 3.05) is 0 Å². The van der Waals surface area contributed by atoms with Gasteiger partial charge >= 0.3 is 6.09 Å². The summed E-state index contributed by atoms with van der Waals surface area (Å²) in [5, 5.41) is 1.25. The monoisotopic (exact) mass is 264 g/mol. The van der Waals surface area contributed by atoms with Gasteiger partial charge in [-0.2, -0.15) is 0 Å². The maximum atomic E-state index is 11.9. The van der Waals surface area contributed by atoms with E-state index in [1.54, 1.807) is 0 Å². The van der Waals surface area contributed by atoms with E-state index in [9.17, 15) is 4.79 Å². The minimum Gasteiger partial charge on any atom is -0.444 e. The van der Waals surface area contributed by atoms with E-state index < -0.39 is 6.09 Å². The molecule has 2 N–H and O–H groups in total. The molecule has 4 nitrogen and oxygen atoms in total. The molecular formula is C15H24N2O2. The first-order valence-corrected chi connectivity index (χ1v) is 6.93. The summed E-state index contributed by atoms with van der Waals surface area (Å²) in [5.74, 6) is 5.86. The second-order valence-electron chi connectivity index (χ2n) is 4.68. The van der Waals surface area contributed by atoms with Gasteiger partial charge in [0.25, 0.3) is 0 Å². The van der Waals surface area contributed by atoms with Gasteiger partial charge in [0.15, 0.2) is 0 Å². The minimum absolute atomic E-state index is 0.0678. The lowest BCUT2D eigenvalue weighted by atomic mass is 10.1. The van der Waals surface area contributed by atoms with Crippen molar-refractivity contribution >= 4 is 6.09 Å². The zero-order valence-corrected chi connectivity index (χ0v) is 11.8. The molecule has 0 aromatic heterocycles. The molecule has 1 aromatic rings. The Bertz CT molecular complexity index is 362. The number of ether oxygens (including phenoxy) is 1. The molecular weight excluding hydrogens is 240 g/mol. The molecule has 0 bridgehead atoms. The van der Waals surface area contributed by atoms with Crippen molar-refractivity contribution in [3.63, 3.8) is 0 Å². The van der Waals surface area contributed by atoms with Crippen LogP contribution in [0, 0.1) is 0 Å². The van der Waals surface area contributed by atoms with Gasteiger partial charge in [0.05, 0.1) is 6.04 Å². The lowest BCUT2D eigenvalue weighted by Crippen LogP contribution is -2.45. The molecule has 0 aliphatic rings. The molecule has 0 radical (unpaired) electrons. The van der Waals surface area contributed by atoms with E-state index in [1.165, 1.54) is 5.01 Å². The molecule has 0 aliphatic carbocycles. The van der Waals surface area contributed by atoms with Gasteiger partial charge in [-0.3, -0.25) is 0 Å². The van der Waals surface area contributed by atoms with E-state index in [0.717, 1.165) is 31.2 Å². The van der Waals surface area contributed by atoms with Crippen molar-refractivity contribution in [1.82, 2.24) is 5.01 Å². The minimum atomic E-state index is -0.448. The largest absolute Gasteiger partial charge is 0.444 e. The van der Waals surface area contributed by atoms with Crippen LogP contribution in [0.3, 0.4) is 0 Å². The summed E-state index contributed by atoms with van der Waals surface area (Å²) in [6.45, 7) is 4.44. The van der Waals surface area contributed by atoms with E-state index in [1.807, 2.05) is 30.3 Å². The van der Waals surface area contributed by atoms with Crippen molar-refractivity contribution in [3.05, 3.63) is 35.9 Å². The smallest absolute Gasteiger partial charge is 0.424 e. The molecule has 1 aromatic carbocycles. The van der Waals surface area contributed by atoms with Gasteiger partial charge in [0.2, 0.25) is 0 Å². The van der Waals surface area contributed by atoms with E-state index in [2.05, 4.69) is 13.8 Å². The van der Waals surface area contributed by atoms with Crippen LogP contribution in [-0.4, -0.2) is 17.1 Å². The first-order valence-electron chi connectivity index (χ1n) is 6.93. The zero-order valence-electron chi connectivity index (χ0n) is 11.8. The predicted octanol–water partition coefficient (Wildman–Crippen LogP) is 3.47. The third-order valence-electron chi connectivity index (χ3n) is 3.05. The fourth-order valence-electron chi connectivity index (χ4n) is 2.03. The standard InChI is InChI=1S/C15H24N2O2/c1-3-8-14(9-4-2)17(16)15(18)19-12-13-10-6-5-7-11-13/h5-7,10-11,14H,3-4,8-9,12,16H2,1-2H3. The van der Waals surface area contributed by atoms with Crippen LogP contribution in [0.15, 0.2) is 30.3 Å². The Balaban J connectivity index is 2.46. The van der Waals surface area contributed by atoms with Gasteiger partial charge < -0.3 is 4.74 Å². The molecule has 0 heterocycles. The van der Waals surface area contributed by atoms with E-state index in [0.29, 0.717) is 0 Å². The number of nitrogens with zero attached hydrogens (tertiary/aromatic N) is 1. The number of nitrogens with two attached hydrogens (primary N) is 1. The predicted molar refractivity (Wildman–Crippen MR) is 76.3 cm³/mol. The normalized spacial score (nSPS) is 10.5. The maximum absolute atomic E-state index is 11.9. The summed E-state index contributed by atoms with van der Waals surface area (Å²) >= 11 is 0. The van der Waals surface area contributed by atoms with Crippen LogP contribution in [0.4, 0.5) is 4.79 Å². The second kappa shape index (κ2) is 8.53. The summed E-state index contributed by atoms with van der Waals surface area (Å²) in [7, 11) is 0.